The first-order valence-electron chi connectivity index (χ1n) is 4.09. The first-order chi connectivity index (χ1) is 7.88. The highest BCUT2D eigenvalue weighted by molar-refractivity contribution is 6.67. The number of rotatable bonds is 4. The van der Waals surface area contributed by atoms with Crippen LogP contribution in [-0.4, -0.2) is 22.3 Å². The summed E-state index contributed by atoms with van der Waals surface area (Å²) >= 11 is 5.10. The van der Waals surface area contributed by atoms with Gasteiger partial charge in [0.15, 0.2) is 17.1 Å². The van der Waals surface area contributed by atoms with Gasteiger partial charge in [0, 0.05) is 0 Å². The Labute approximate surface area is 98.3 Å². The third-order valence-corrected chi connectivity index (χ3v) is 1.98. The van der Waals surface area contributed by atoms with Crippen molar-refractivity contribution in [3.8, 4) is 5.75 Å². The molecule has 0 radical (unpaired) electrons. The standard InChI is InChI=1S/C8H5ClF2N2O4/c1-17-4-2-3(13(15)16)5(8(10)11)12-6(4)7(9)14/h2,8H,1H3. The van der Waals surface area contributed by atoms with Gasteiger partial charge in [0.05, 0.1) is 18.1 Å². The lowest BCUT2D eigenvalue weighted by Gasteiger charge is -2.07. The molecular formula is C8H5ClF2N2O4. The van der Waals surface area contributed by atoms with E-state index in [-0.39, 0.29) is 5.75 Å². The Morgan fingerprint density at radius 2 is 2.24 bits per heavy atom. The van der Waals surface area contributed by atoms with Crippen LogP contribution >= 0.6 is 11.6 Å². The number of halogens is 3. The summed E-state index contributed by atoms with van der Waals surface area (Å²) in [6.07, 6.45) is -3.20. The minimum atomic E-state index is -3.20. The molecule has 92 valence electrons. The zero-order chi connectivity index (χ0) is 13.2. The second kappa shape index (κ2) is 5.00. The van der Waals surface area contributed by atoms with Crippen LogP contribution in [0.4, 0.5) is 14.5 Å². The molecule has 0 spiro atoms. The van der Waals surface area contributed by atoms with Crippen LogP contribution < -0.4 is 4.74 Å². The number of hydrogen-bond acceptors (Lipinski definition) is 5. The third-order valence-electron chi connectivity index (χ3n) is 1.81. The van der Waals surface area contributed by atoms with Gasteiger partial charge in [0.1, 0.15) is 0 Å². The summed E-state index contributed by atoms with van der Waals surface area (Å²) in [5.41, 5.74) is -2.65. The molecule has 0 saturated carbocycles. The topological polar surface area (TPSA) is 82.3 Å². The molecule has 17 heavy (non-hydrogen) atoms. The van der Waals surface area contributed by atoms with Crippen molar-refractivity contribution >= 4 is 22.5 Å². The summed E-state index contributed by atoms with van der Waals surface area (Å²) in [5.74, 6) is -0.332. The molecule has 1 heterocycles. The van der Waals surface area contributed by atoms with Crippen molar-refractivity contribution in [1.29, 1.82) is 0 Å². The van der Waals surface area contributed by atoms with Crippen LogP contribution in [0.15, 0.2) is 6.07 Å². The van der Waals surface area contributed by atoms with Gasteiger partial charge in [-0.1, -0.05) is 0 Å². The molecule has 1 rings (SSSR count). The molecule has 6 nitrogen and oxygen atoms in total. The van der Waals surface area contributed by atoms with E-state index >= 15 is 0 Å². The van der Waals surface area contributed by atoms with Gasteiger partial charge in [0.25, 0.3) is 17.4 Å². The normalized spacial score (nSPS) is 10.4. The lowest BCUT2D eigenvalue weighted by atomic mass is 10.2. The fourth-order valence-electron chi connectivity index (χ4n) is 1.10. The lowest BCUT2D eigenvalue weighted by Crippen LogP contribution is -2.06. The fraction of sp³-hybridized carbons (Fsp3) is 0.250. The number of hydrogen-bond donors (Lipinski definition) is 0. The number of alkyl halides is 2. The van der Waals surface area contributed by atoms with E-state index in [1.807, 2.05) is 0 Å². The van der Waals surface area contributed by atoms with Crippen molar-refractivity contribution in [2.75, 3.05) is 7.11 Å². The van der Waals surface area contributed by atoms with Gasteiger partial charge in [-0.15, -0.1) is 0 Å². The van der Waals surface area contributed by atoms with E-state index in [4.69, 9.17) is 11.6 Å². The number of methoxy groups -OCH3 is 1. The summed E-state index contributed by atoms with van der Waals surface area (Å²) in [6, 6.07) is 0.685. The van der Waals surface area contributed by atoms with Crippen molar-refractivity contribution in [3.05, 3.63) is 27.6 Å². The number of nitrogens with zero attached hydrogens (tertiary/aromatic N) is 2. The quantitative estimate of drug-likeness (QED) is 0.474. The largest absolute Gasteiger partial charge is 0.494 e. The molecule has 1 aromatic rings. The first kappa shape index (κ1) is 13.2. The zero-order valence-corrected chi connectivity index (χ0v) is 9.07. The predicted octanol–water partition coefficient (Wildman–Crippen LogP) is 2.32. The van der Waals surface area contributed by atoms with E-state index in [2.05, 4.69) is 9.72 Å². The van der Waals surface area contributed by atoms with Crippen molar-refractivity contribution in [1.82, 2.24) is 4.98 Å². The summed E-state index contributed by atoms with van der Waals surface area (Å²) < 4.78 is 29.6. The Kier molecular flexibility index (Phi) is 3.89. The van der Waals surface area contributed by atoms with E-state index in [1.165, 1.54) is 0 Å². The van der Waals surface area contributed by atoms with Crippen LogP contribution in [0.5, 0.6) is 5.75 Å². The van der Waals surface area contributed by atoms with Gasteiger partial charge in [-0.2, -0.15) is 0 Å². The van der Waals surface area contributed by atoms with Crippen molar-refractivity contribution < 1.29 is 23.2 Å². The average Bonchev–Trinajstić information content (AvgIpc) is 2.26. The monoisotopic (exact) mass is 266 g/mol. The smallest absolute Gasteiger partial charge is 0.300 e. The molecule has 0 aliphatic rings. The van der Waals surface area contributed by atoms with Gasteiger partial charge in [-0.3, -0.25) is 14.9 Å². The zero-order valence-electron chi connectivity index (χ0n) is 8.32. The SMILES string of the molecule is COc1cc([N+](=O)[O-])c(C(F)F)nc1C(=O)Cl. The van der Waals surface area contributed by atoms with E-state index in [9.17, 15) is 23.7 Å². The van der Waals surface area contributed by atoms with Crippen LogP contribution in [0.2, 0.25) is 0 Å². The molecule has 0 aromatic carbocycles. The Hall–Kier alpha value is -1.83. The molecule has 0 amide bonds. The second-order valence-electron chi connectivity index (χ2n) is 2.78. The molecule has 0 aliphatic carbocycles. The maximum absolute atomic E-state index is 12.5. The predicted molar refractivity (Wildman–Crippen MR) is 52.6 cm³/mol. The maximum Gasteiger partial charge on any atom is 0.300 e. The first-order valence-corrected chi connectivity index (χ1v) is 4.47. The fourth-order valence-corrected chi connectivity index (χ4v) is 1.24. The van der Waals surface area contributed by atoms with Crippen LogP contribution in [0, 0.1) is 10.1 Å². The molecule has 0 N–H and O–H groups in total. The van der Waals surface area contributed by atoms with Gasteiger partial charge in [-0.25, -0.2) is 13.8 Å². The second-order valence-corrected chi connectivity index (χ2v) is 3.12. The summed E-state index contributed by atoms with van der Waals surface area (Å²) in [6.45, 7) is 0. The molecule has 0 unspecified atom stereocenters. The minimum absolute atomic E-state index is 0.332. The third kappa shape index (κ3) is 2.64. The van der Waals surface area contributed by atoms with Crippen molar-refractivity contribution in [2.24, 2.45) is 0 Å². The summed E-state index contributed by atoms with van der Waals surface area (Å²) in [5, 5.41) is 9.39. The Morgan fingerprint density at radius 3 is 2.59 bits per heavy atom. The van der Waals surface area contributed by atoms with Crippen LogP contribution in [0.1, 0.15) is 22.6 Å². The number of aromatic nitrogens is 1. The highest BCUT2D eigenvalue weighted by Crippen LogP contribution is 2.32. The highest BCUT2D eigenvalue weighted by atomic mass is 35.5. The minimum Gasteiger partial charge on any atom is -0.494 e. The van der Waals surface area contributed by atoms with Gasteiger partial charge >= 0.3 is 0 Å². The number of carbonyl (C=O) groups excluding carboxylic acids is 1. The van der Waals surface area contributed by atoms with E-state index in [0.29, 0.717) is 6.07 Å². The highest BCUT2D eigenvalue weighted by Gasteiger charge is 2.28. The molecule has 0 fully saturated rings. The molecule has 9 heteroatoms. The molecule has 0 aliphatic heterocycles. The maximum atomic E-state index is 12.5. The molecule has 0 saturated heterocycles. The average molecular weight is 267 g/mol. The molecular weight excluding hydrogens is 262 g/mol. The summed E-state index contributed by atoms with van der Waals surface area (Å²) in [7, 11) is 1.10. The van der Waals surface area contributed by atoms with E-state index in [0.717, 1.165) is 7.11 Å². The molecule has 0 bridgehead atoms. The van der Waals surface area contributed by atoms with E-state index in [1.54, 1.807) is 0 Å². The Bertz CT molecular complexity index is 481. The number of pyridine rings is 1. The van der Waals surface area contributed by atoms with E-state index < -0.39 is 33.7 Å². The van der Waals surface area contributed by atoms with Crippen molar-refractivity contribution in [3.63, 3.8) is 0 Å². The van der Waals surface area contributed by atoms with Crippen molar-refractivity contribution in [2.45, 2.75) is 6.43 Å². The number of nitro groups is 1. The Balaban J connectivity index is 3.53. The van der Waals surface area contributed by atoms with Gasteiger partial charge < -0.3 is 4.74 Å². The Morgan fingerprint density at radius 1 is 1.65 bits per heavy atom. The number of carbonyl (C=O) groups is 1. The van der Waals surface area contributed by atoms with Crippen LogP contribution in [0.3, 0.4) is 0 Å². The van der Waals surface area contributed by atoms with Gasteiger partial charge in [-0.05, 0) is 11.6 Å². The van der Waals surface area contributed by atoms with Crippen LogP contribution in [-0.2, 0) is 0 Å². The number of ether oxygens (including phenoxy) is 1. The van der Waals surface area contributed by atoms with Gasteiger partial charge in [0.2, 0.25) is 0 Å². The molecule has 1 aromatic heterocycles. The molecule has 0 atom stereocenters. The summed E-state index contributed by atoms with van der Waals surface area (Å²) in [4.78, 5) is 23.5. The van der Waals surface area contributed by atoms with Crippen LogP contribution in [0.25, 0.3) is 0 Å². The lowest BCUT2D eigenvalue weighted by molar-refractivity contribution is -0.386.